The quantitative estimate of drug-likeness (QED) is 0.608. The van der Waals surface area contributed by atoms with Crippen molar-refractivity contribution in [2.24, 2.45) is 0 Å². The standard InChI is InChI=1S/C20H18ClF3N4O/c21-16-5-7-17(8-6-16)28-11-9-27(10-12-28)13-18-25-19(26-29-18)14-1-3-15(4-2-14)20(22,23)24/h1-8H,9-13H2. The molecule has 3 aromatic rings. The summed E-state index contributed by atoms with van der Waals surface area (Å²) in [6.07, 6.45) is -4.37. The molecule has 0 atom stereocenters. The summed E-state index contributed by atoms with van der Waals surface area (Å²) in [4.78, 5) is 8.82. The van der Waals surface area contributed by atoms with Gasteiger partial charge >= 0.3 is 6.18 Å². The molecule has 1 fully saturated rings. The van der Waals surface area contributed by atoms with Crippen molar-refractivity contribution in [3.8, 4) is 11.4 Å². The van der Waals surface area contributed by atoms with Crippen molar-refractivity contribution in [3.05, 3.63) is 65.0 Å². The van der Waals surface area contributed by atoms with Crippen molar-refractivity contribution >= 4 is 17.3 Å². The van der Waals surface area contributed by atoms with Crippen molar-refractivity contribution in [2.75, 3.05) is 31.1 Å². The highest BCUT2D eigenvalue weighted by Crippen LogP contribution is 2.30. The molecular formula is C20H18ClF3N4O. The molecule has 0 aliphatic carbocycles. The highest BCUT2D eigenvalue weighted by Gasteiger charge is 2.30. The monoisotopic (exact) mass is 422 g/mol. The summed E-state index contributed by atoms with van der Waals surface area (Å²) in [6, 6.07) is 12.5. The van der Waals surface area contributed by atoms with E-state index in [4.69, 9.17) is 16.1 Å². The van der Waals surface area contributed by atoms with E-state index in [1.54, 1.807) is 0 Å². The SMILES string of the molecule is FC(F)(F)c1ccc(-c2noc(CN3CCN(c4ccc(Cl)cc4)CC3)n2)cc1. The van der Waals surface area contributed by atoms with Crippen LogP contribution in [0.25, 0.3) is 11.4 Å². The van der Waals surface area contributed by atoms with Crippen molar-refractivity contribution in [1.82, 2.24) is 15.0 Å². The van der Waals surface area contributed by atoms with E-state index in [0.29, 0.717) is 23.0 Å². The minimum atomic E-state index is -4.37. The first-order chi connectivity index (χ1) is 13.9. The van der Waals surface area contributed by atoms with E-state index in [-0.39, 0.29) is 5.82 Å². The fourth-order valence-corrected chi connectivity index (χ4v) is 3.38. The summed E-state index contributed by atoms with van der Waals surface area (Å²) in [7, 11) is 0. The summed E-state index contributed by atoms with van der Waals surface area (Å²) in [5, 5.41) is 4.61. The van der Waals surface area contributed by atoms with E-state index >= 15 is 0 Å². The van der Waals surface area contributed by atoms with Gasteiger partial charge in [-0.3, -0.25) is 4.90 Å². The molecule has 5 nitrogen and oxygen atoms in total. The second-order valence-corrected chi connectivity index (χ2v) is 7.26. The van der Waals surface area contributed by atoms with Crippen molar-refractivity contribution in [2.45, 2.75) is 12.7 Å². The fourth-order valence-electron chi connectivity index (χ4n) is 3.25. The first kappa shape index (κ1) is 19.7. The van der Waals surface area contributed by atoms with Crippen LogP contribution in [0.3, 0.4) is 0 Å². The van der Waals surface area contributed by atoms with Gasteiger partial charge in [-0.15, -0.1) is 0 Å². The van der Waals surface area contributed by atoms with E-state index in [1.165, 1.54) is 12.1 Å². The summed E-state index contributed by atoms with van der Waals surface area (Å²) < 4.78 is 43.3. The number of hydrogen-bond acceptors (Lipinski definition) is 5. The second kappa shape index (κ2) is 8.04. The van der Waals surface area contributed by atoms with Crippen LogP contribution in [-0.4, -0.2) is 41.2 Å². The lowest BCUT2D eigenvalue weighted by atomic mass is 10.1. The molecule has 152 valence electrons. The Kier molecular flexibility index (Phi) is 5.47. The third-order valence-electron chi connectivity index (χ3n) is 4.86. The molecule has 0 N–H and O–H groups in total. The van der Waals surface area contributed by atoms with Crippen LogP contribution in [0, 0.1) is 0 Å². The molecule has 1 saturated heterocycles. The molecule has 2 heterocycles. The van der Waals surface area contributed by atoms with Crippen LogP contribution < -0.4 is 4.90 Å². The van der Waals surface area contributed by atoms with Crippen LogP contribution in [0.2, 0.25) is 5.02 Å². The maximum absolute atomic E-state index is 12.7. The zero-order valence-electron chi connectivity index (χ0n) is 15.4. The third-order valence-corrected chi connectivity index (χ3v) is 5.11. The van der Waals surface area contributed by atoms with Crippen molar-refractivity contribution in [1.29, 1.82) is 0 Å². The highest BCUT2D eigenvalue weighted by molar-refractivity contribution is 6.30. The molecule has 29 heavy (non-hydrogen) atoms. The van der Waals surface area contributed by atoms with Crippen LogP contribution in [0.1, 0.15) is 11.5 Å². The maximum atomic E-state index is 12.7. The van der Waals surface area contributed by atoms with E-state index in [9.17, 15) is 13.2 Å². The van der Waals surface area contributed by atoms with Gasteiger partial charge in [0, 0.05) is 42.5 Å². The van der Waals surface area contributed by atoms with Crippen molar-refractivity contribution < 1.29 is 17.7 Å². The Bertz CT molecular complexity index is 949. The van der Waals surface area contributed by atoms with Gasteiger partial charge in [0.25, 0.3) is 0 Å². The minimum Gasteiger partial charge on any atom is -0.369 e. The van der Waals surface area contributed by atoms with Gasteiger partial charge in [-0.05, 0) is 36.4 Å². The lowest BCUT2D eigenvalue weighted by Gasteiger charge is -2.35. The Morgan fingerprint density at radius 2 is 1.59 bits per heavy atom. The van der Waals surface area contributed by atoms with Crippen LogP contribution in [-0.2, 0) is 12.7 Å². The largest absolute Gasteiger partial charge is 0.416 e. The topological polar surface area (TPSA) is 45.4 Å². The van der Waals surface area contributed by atoms with Gasteiger partial charge in [0.2, 0.25) is 11.7 Å². The van der Waals surface area contributed by atoms with E-state index in [2.05, 4.69) is 19.9 Å². The van der Waals surface area contributed by atoms with E-state index in [0.717, 1.165) is 44.0 Å². The van der Waals surface area contributed by atoms with Gasteiger partial charge in [0.15, 0.2) is 0 Å². The molecule has 0 radical (unpaired) electrons. The number of aromatic nitrogens is 2. The van der Waals surface area contributed by atoms with Crippen LogP contribution in [0.5, 0.6) is 0 Å². The number of alkyl halides is 3. The first-order valence-corrected chi connectivity index (χ1v) is 9.49. The Balaban J connectivity index is 1.34. The lowest BCUT2D eigenvalue weighted by Crippen LogP contribution is -2.46. The summed E-state index contributed by atoms with van der Waals surface area (Å²) >= 11 is 5.94. The Labute approximate surface area is 170 Å². The number of rotatable bonds is 4. The van der Waals surface area contributed by atoms with Crippen LogP contribution in [0.4, 0.5) is 18.9 Å². The van der Waals surface area contributed by atoms with E-state index < -0.39 is 11.7 Å². The molecule has 0 amide bonds. The Hall–Kier alpha value is -2.58. The average Bonchev–Trinajstić information content (AvgIpc) is 3.17. The number of nitrogens with zero attached hydrogens (tertiary/aromatic N) is 4. The molecule has 2 aromatic carbocycles. The maximum Gasteiger partial charge on any atom is 0.416 e. The second-order valence-electron chi connectivity index (χ2n) is 6.83. The van der Waals surface area contributed by atoms with Gasteiger partial charge in [0.05, 0.1) is 12.1 Å². The van der Waals surface area contributed by atoms with Gasteiger partial charge < -0.3 is 9.42 Å². The molecule has 1 aliphatic rings. The predicted molar refractivity (Wildman–Crippen MR) is 104 cm³/mol. The number of piperazine rings is 1. The first-order valence-electron chi connectivity index (χ1n) is 9.11. The highest BCUT2D eigenvalue weighted by atomic mass is 35.5. The number of anilines is 1. The van der Waals surface area contributed by atoms with Crippen LogP contribution >= 0.6 is 11.6 Å². The molecule has 0 spiro atoms. The third kappa shape index (κ3) is 4.71. The predicted octanol–water partition coefficient (Wildman–Crippen LogP) is 4.73. The zero-order chi connectivity index (χ0) is 20.4. The van der Waals surface area contributed by atoms with Gasteiger partial charge in [0.1, 0.15) is 0 Å². The Morgan fingerprint density at radius 1 is 0.931 bits per heavy atom. The molecule has 1 aliphatic heterocycles. The zero-order valence-corrected chi connectivity index (χ0v) is 16.1. The smallest absolute Gasteiger partial charge is 0.369 e. The molecule has 4 rings (SSSR count). The van der Waals surface area contributed by atoms with Gasteiger partial charge in [-0.25, -0.2) is 0 Å². The lowest BCUT2D eigenvalue weighted by molar-refractivity contribution is -0.137. The minimum absolute atomic E-state index is 0.286. The molecule has 0 saturated carbocycles. The molecule has 9 heteroatoms. The fraction of sp³-hybridized carbons (Fsp3) is 0.300. The van der Waals surface area contributed by atoms with Crippen molar-refractivity contribution in [3.63, 3.8) is 0 Å². The van der Waals surface area contributed by atoms with Crippen LogP contribution in [0.15, 0.2) is 53.1 Å². The van der Waals surface area contributed by atoms with E-state index in [1.807, 2.05) is 24.3 Å². The number of hydrogen-bond donors (Lipinski definition) is 0. The average molecular weight is 423 g/mol. The number of halogens is 4. The number of benzene rings is 2. The normalized spacial score (nSPS) is 15.7. The van der Waals surface area contributed by atoms with Gasteiger partial charge in [-0.2, -0.15) is 18.2 Å². The molecular weight excluding hydrogens is 405 g/mol. The molecule has 0 unspecified atom stereocenters. The summed E-state index contributed by atoms with van der Waals surface area (Å²) in [5.74, 6) is 0.730. The molecule has 0 bridgehead atoms. The summed E-state index contributed by atoms with van der Waals surface area (Å²) in [6.45, 7) is 3.90. The summed E-state index contributed by atoms with van der Waals surface area (Å²) in [5.41, 5.74) is 0.917. The van der Waals surface area contributed by atoms with Gasteiger partial charge in [-0.1, -0.05) is 28.9 Å². The Morgan fingerprint density at radius 3 is 2.21 bits per heavy atom. The molecule has 1 aromatic heterocycles.